The number of ether oxygens (including phenoxy) is 2. The molecule has 0 fully saturated rings. The molecule has 0 spiro atoms. The third kappa shape index (κ3) is 10.2. The molecule has 0 saturated heterocycles. The highest BCUT2D eigenvalue weighted by atomic mass is 16.6. The molecular formula is C23H36O4. The van der Waals surface area contributed by atoms with E-state index >= 15 is 0 Å². The molecule has 0 N–H and O–H groups in total. The highest BCUT2D eigenvalue weighted by Crippen LogP contribution is 2.28. The van der Waals surface area contributed by atoms with Crippen LogP contribution in [-0.2, 0) is 9.59 Å². The lowest BCUT2D eigenvalue weighted by Gasteiger charge is -2.13. The molecular weight excluding hydrogens is 340 g/mol. The Morgan fingerprint density at radius 3 is 2.04 bits per heavy atom. The summed E-state index contributed by atoms with van der Waals surface area (Å²) in [5.41, 5.74) is 0. The van der Waals surface area contributed by atoms with Crippen LogP contribution in [0.1, 0.15) is 91.4 Å². The summed E-state index contributed by atoms with van der Waals surface area (Å²) in [6.07, 6.45) is 11.3. The fraction of sp³-hybridized carbons (Fsp3) is 0.652. The fourth-order valence-electron chi connectivity index (χ4n) is 2.87. The van der Waals surface area contributed by atoms with Crippen LogP contribution in [0.4, 0.5) is 0 Å². The molecule has 1 atom stereocenters. The molecule has 152 valence electrons. The summed E-state index contributed by atoms with van der Waals surface area (Å²) >= 11 is 0. The zero-order valence-corrected chi connectivity index (χ0v) is 17.3. The van der Waals surface area contributed by atoms with Crippen molar-refractivity contribution in [3.63, 3.8) is 0 Å². The Morgan fingerprint density at radius 2 is 1.37 bits per heavy atom. The van der Waals surface area contributed by atoms with E-state index in [1.165, 1.54) is 25.7 Å². The van der Waals surface area contributed by atoms with Gasteiger partial charge in [0.15, 0.2) is 11.5 Å². The molecule has 0 radical (unpaired) electrons. The molecule has 4 heteroatoms. The lowest BCUT2D eigenvalue weighted by molar-refractivity contribution is -0.140. The van der Waals surface area contributed by atoms with E-state index in [2.05, 4.69) is 13.8 Å². The topological polar surface area (TPSA) is 52.6 Å². The van der Waals surface area contributed by atoms with Gasteiger partial charge < -0.3 is 9.47 Å². The predicted molar refractivity (Wildman–Crippen MR) is 109 cm³/mol. The van der Waals surface area contributed by atoms with Crippen molar-refractivity contribution in [1.82, 2.24) is 0 Å². The van der Waals surface area contributed by atoms with Crippen molar-refractivity contribution < 1.29 is 19.1 Å². The highest BCUT2D eigenvalue weighted by Gasteiger charge is 2.18. The SMILES string of the molecule is CCCCCCCCC(C)C(=O)Oc1ccccc1OC(=O)CCCCC. The van der Waals surface area contributed by atoms with Crippen molar-refractivity contribution in [2.24, 2.45) is 5.92 Å². The first-order valence-corrected chi connectivity index (χ1v) is 10.6. The second kappa shape index (κ2) is 14.2. The Hall–Kier alpha value is -1.84. The summed E-state index contributed by atoms with van der Waals surface area (Å²) in [6, 6.07) is 6.88. The van der Waals surface area contributed by atoms with Crippen LogP contribution >= 0.6 is 0 Å². The maximum Gasteiger partial charge on any atom is 0.314 e. The van der Waals surface area contributed by atoms with E-state index in [1.54, 1.807) is 24.3 Å². The van der Waals surface area contributed by atoms with Crippen LogP contribution in [0, 0.1) is 5.92 Å². The monoisotopic (exact) mass is 376 g/mol. The Bertz CT molecular complexity index is 553. The Balaban J connectivity index is 2.45. The number of carbonyl (C=O) groups is 2. The molecule has 0 saturated carbocycles. The van der Waals surface area contributed by atoms with Crippen molar-refractivity contribution >= 4 is 11.9 Å². The minimum absolute atomic E-state index is 0.163. The number of benzene rings is 1. The average Bonchev–Trinajstić information content (AvgIpc) is 2.66. The summed E-state index contributed by atoms with van der Waals surface area (Å²) < 4.78 is 10.9. The summed E-state index contributed by atoms with van der Waals surface area (Å²) in [5.74, 6) is -0.0742. The van der Waals surface area contributed by atoms with Gasteiger partial charge >= 0.3 is 11.9 Å². The first-order valence-electron chi connectivity index (χ1n) is 10.6. The molecule has 0 heterocycles. The Morgan fingerprint density at radius 1 is 0.815 bits per heavy atom. The number of esters is 2. The highest BCUT2D eigenvalue weighted by molar-refractivity contribution is 5.77. The average molecular weight is 377 g/mol. The minimum atomic E-state index is -0.285. The lowest BCUT2D eigenvalue weighted by atomic mass is 10.0. The van der Waals surface area contributed by atoms with Gasteiger partial charge in [0.1, 0.15) is 0 Å². The maximum atomic E-state index is 12.4. The Kier molecular flexibility index (Phi) is 12.2. The van der Waals surface area contributed by atoms with Gasteiger partial charge in [-0.25, -0.2) is 0 Å². The van der Waals surface area contributed by atoms with Gasteiger partial charge in [0, 0.05) is 6.42 Å². The standard InChI is InChI=1S/C23H36O4/c1-4-6-8-9-10-12-15-19(3)23(25)27-21-17-14-13-16-20(21)26-22(24)18-11-7-5-2/h13-14,16-17,19H,4-12,15,18H2,1-3H3. The van der Waals surface area contributed by atoms with E-state index in [0.29, 0.717) is 17.9 Å². The van der Waals surface area contributed by atoms with E-state index in [4.69, 9.17) is 9.47 Å². The van der Waals surface area contributed by atoms with Crippen LogP contribution in [0.3, 0.4) is 0 Å². The molecule has 0 aliphatic heterocycles. The molecule has 0 aliphatic carbocycles. The summed E-state index contributed by atoms with van der Waals surface area (Å²) in [7, 11) is 0. The molecule has 1 aromatic carbocycles. The molecule has 1 unspecified atom stereocenters. The van der Waals surface area contributed by atoms with Crippen molar-refractivity contribution in [2.75, 3.05) is 0 Å². The number of carbonyl (C=O) groups excluding carboxylic acids is 2. The van der Waals surface area contributed by atoms with Crippen LogP contribution in [0.15, 0.2) is 24.3 Å². The molecule has 0 bridgehead atoms. The van der Waals surface area contributed by atoms with Gasteiger partial charge in [0.05, 0.1) is 5.92 Å². The molecule has 1 aromatic rings. The Labute approximate surface area is 164 Å². The smallest absolute Gasteiger partial charge is 0.314 e. The number of rotatable bonds is 14. The summed E-state index contributed by atoms with van der Waals surface area (Å²) in [4.78, 5) is 24.3. The zero-order chi connectivity index (χ0) is 19.9. The van der Waals surface area contributed by atoms with Gasteiger partial charge in [-0.3, -0.25) is 9.59 Å². The third-order valence-electron chi connectivity index (χ3n) is 4.66. The normalized spacial score (nSPS) is 11.8. The van der Waals surface area contributed by atoms with E-state index < -0.39 is 0 Å². The zero-order valence-electron chi connectivity index (χ0n) is 17.3. The number of hydrogen-bond donors (Lipinski definition) is 0. The van der Waals surface area contributed by atoms with Crippen molar-refractivity contribution in [2.45, 2.75) is 91.4 Å². The van der Waals surface area contributed by atoms with Crippen LogP contribution < -0.4 is 9.47 Å². The summed E-state index contributed by atoms with van der Waals surface area (Å²) in [5, 5.41) is 0. The number of para-hydroxylation sites is 2. The third-order valence-corrected chi connectivity index (χ3v) is 4.66. The molecule has 0 aliphatic rings. The second-order valence-electron chi connectivity index (χ2n) is 7.26. The van der Waals surface area contributed by atoms with Crippen molar-refractivity contribution in [3.05, 3.63) is 24.3 Å². The first-order chi connectivity index (χ1) is 13.1. The van der Waals surface area contributed by atoms with E-state index in [-0.39, 0.29) is 17.9 Å². The molecule has 0 aromatic heterocycles. The van der Waals surface area contributed by atoms with Crippen LogP contribution in [0.2, 0.25) is 0 Å². The maximum absolute atomic E-state index is 12.4. The fourth-order valence-corrected chi connectivity index (χ4v) is 2.87. The molecule has 1 rings (SSSR count). The molecule has 0 amide bonds. The van der Waals surface area contributed by atoms with E-state index in [9.17, 15) is 9.59 Å². The molecule has 4 nitrogen and oxygen atoms in total. The second-order valence-corrected chi connectivity index (χ2v) is 7.26. The van der Waals surface area contributed by atoms with Gasteiger partial charge in [-0.2, -0.15) is 0 Å². The van der Waals surface area contributed by atoms with Crippen molar-refractivity contribution in [3.8, 4) is 11.5 Å². The minimum Gasteiger partial charge on any atom is -0.423 e. The van der Waals surface area contributed by atoms with Gasteiger partial charge in [0.2, 0.25) is 0 Å². The van der Waals surface area contributed by atoms with Crippen molar-refractivity contribution in [1.29, 1.82) is 0 Å². The van der Waals surface area contributed by atoms with Gasteiger partial charge in [0.25, 0.3) is 0 Å². The van der Waals surface area contributed by atoms with Gasteiger partial charge in [-0.1, -0.05) is 84.3 Å². The number of hydrogen-bond acceptors (Lipinski definition) is 4. The van der Waals surface area contributed by atoms with E-state index in [0.717, 1.165) is 38.5 Å². The first kappa shape index (κ1) is 23.2. The molecule has 27 heavy (non-hydrogen) atoms. The summed E-state index contributed by atoms with van der Waals surface area (Å²) in [6.45, 7) is 6.19. The van der Waals surface area contributed by atoms with Crippen LogP contribution in [0.5, 0.6) is 11.5 Å². The van der Waals surface area contributed by atoms with Crippen LogP contribution in [-0.4, -0.2) is 11.9 Å². The van der Waals surface area contributed by atoms with Gasteiger partial charge in [-0.05, 0) is 25.0 Å². The quantitative estimate of drug-likeness (QED) is 0.212. The lowest BCUT2D eigenvalue weighted by Crippen LogP contribution is -2.18. The predicted octanol–water partition coefficient (Wildman–Crippen LogP) is 6.46. The van der Waals surface area contributed by atoms with Crippen LogP contribution in [0.25, 0.3) is 0 Å². The van der Waals surface area contributed by atoms with E-state index in [1.807, 2.05) is 6.92 Å². The van der Waals surface area contributed by atoms with Gasteiger partial charge in [-0.15, -0.1) is 0 Å². The number of unbranched alkanes of at least 4 members (excludes halogenated alkanes) is 7. The largest absolute Gasteiger partial charge is 0.423 e.